The lowest BCUT2D eigenvalue weighted by Gasteiger charge is -2.18. The van der Waals surface area contributed by atoms with E-state index in [4.69, 9.17) is 0 Å². The first-order valence-electron chi connectivity index (χ1n) is 6.22. The van der Waals surface area contributed by atoms with Crippen molar-refractivity contribution in [2.24, 2.45) is 0 Å². The van der Waals surface area contributed by atoms with Gasteiger partial charge in [-0.25, -0.2) is 9.78 Å². The van der Waals surface area contributed by atoms with Crippen LogP contribution in [0.1, 0.15) is 16.2 Å². The van der Waals surface area contributed by atoms with Crippen molar-refractivity contribution in [2.45, 2.75) is 6.42 Å². The molecule has 0 saturated carbocycles. The molecule has 0 unspecified atom stereocenters. The number of anilines is 1. The molecule has 0 atom stereocenters. The fourth-order valence-electron chi connectivity index (χ4n) is 1.71. The van der Waals surface area contributed by atoms with Gasteiger partial charge in [0, 0.05) is 38.6 Å². The monoisotopic (exact) mass is 272 g/mol. The molecule has 0 bridgehead atoms. The van der Waals surface area contributed by atoms with Gasteiger partial charge in [0.05, 0.1) is 12.8 Å². The summed E-state index contributed by atoms with van der Waals surface area (Å²) in [6, 6.07) is 5.27. The van der Waals surface area contributed by atoms with Crippen LogP contribution < -0.4 is 4.90 Å². The van der Waals surface area contributed by atoms with Gasteiger partial charge in [0.15, 0.2) is 5.69 Å². The van der Waals surface area contributed by atoms with Crippen LogP contribution in [0.3, 0.4) is 0 Å². The van der Waals surface area contributed by atoms with Crippen LogP contribution in [0.4, 0.5) is 5.82 Å². The molecule has 2 aromatic heterocycles. The van der Waals surface area contributed by atoms with Crippen molar-refractivity contribution in [1.29, 1.82) is 0 Å². The zero-order chi connectivity index (χ0) is 14.4. The van der Waals surface area contributed by atoms with E-state index in [0.717, 1.165) is 24.5 Å². The SMILES string of the molecule is COC(=O)c1cccc(N(C)CCc2cnccn2)n1. The number of likely N-dealkylation sites (N-methyl/N-ethyl adjacent to an activating group) is 1. The number of carbonyl (C=O) groups excluding carboxylic acids is 1. The van der Waals surface area contributed by atoms with E-state index >= 15 is 0 Å². The zero-order valence-corrected chi connectivity index (χ0v) is 11.5. The highest BCUT2D eigenvalue weighted by Crippen LogP contribution is 2.11. The maximum absolute atomic E-state index is 11.4. The van der Waals surface area contributed by atoms with Gasteiger partial charge in [-0.1, -0.05) is 6.07 Å². The van der Waals surface area contributed by atoms with E-state index < -0.39 is 5.97 Å². The quantitative estimate of drug-likeness (QED) is 0.765. The molecular weight excluding hydrogens is 256 g/mol. The number of esters is 1. The predicted octanol–water partition coefficient (Wildman–Crippen LogP) is 1.34. The van der Waals surface area contributed by atoms with Crippen molar-refractivity contribution >= 4 is 11.8 Å². The number of hydrogen-bond acceptors (Lipinski definition) is 6. The highest BCUT2D eigenvalue weighted by atomic mass is 16.5. The van der Waals surface area contributed by atoms with Gasteiger partial charge in [-0.15, -0.1) is 0 Å². The highest BCUT2D eigenvalue weighted by molar-refractivity contribution is 5.87. The Bertz CT molecular complexity index is 574. The largest absolute Gasteiger partial charge is 0.464 e. The minimum Gasteiger partial charge on any atom is -0.464 e. The fourth-order valence-corrected chi connectivity index (χ4v) is 1.71. The minimum absolute atomic E-state index is 0.302. The molecule has 0 radical (unpaired) electrons. The van der Waals surface area contributed by atoms with Gasteiger partial charge in [-0.3, -0.25) is 9.97 Å². The summed E-state index contributed by atoms with van der Waals surface area (Å²) in [6.45, 7) is 0.732. The van der Waals surface area contributed by atoms with E-state index in [9.17, 15) is 4.79 Å². The molecule has 6 heteroatoms. The molecule has 2 rings (SSSR count). The molecule has 2 aromatic rings. The topological polar surface area (TPSA) is 68.2 Å². The summed E-state index contributed by atoms with van der Waals surface area (Å²) in [6.07, 6.45) is 5.82. The Labute approximate surface area is 117 Å². The number of rotatable bonds is 5. The van der Waals surface area contributed by atoms with Crippen LogP contribution in [-0.4, -0.2) is 41.6 Å². The summed E-state index contributed by atoms with van der Waals surface area (Å²) in [5.41, 5.74) is 1.22. The first-order valence-corrected chi connectivity index (χ1v) is 6.22. The van der Waals surface area contributed by atoms with Crippen molar-refractivity contribution in [2.75, 3.05) is 25.6 Å². The van der Waals surface area contributed by atoms with Crippen LogP contribution >= 0.6 is 0 Å². The Hall–Kier alpha value is -2.50. The van der Waals surface area contributed by atoms with Crippen LogP contribution in [0, 0.1) is 0 Å². The Morgan fingerprint density at radius 3 is 2.90 bits per heavy atom. The molecular formula is C14H16N4O2. The molecule has 0 aliphatic carbocycles. The normalized spacial score (nSPS) is 10.1. The number of carbonyl (C=O) groups is 1. The van der Waals surface area contributed by atoms with Crippen LogP contribution in [0.25, 0.3) is 0 Å². The van der Waals surface area contributed by atoms with E-state index in [2.05, 4.69) is 19.7 Å². The molecule has 0 fully saturated rings. The Kier molecular flexibility index (Phi) is 4.60. The molecule has 0 spiro atoms. The summed E-state index contributed by atoms with van der Waals surface area (Å²) < 4.78 is 4.66. The maximum Gasteiger partial charge on any atom is 0.356 e. The molecule has 0 aliphatic rings. The van der Waals surface area contributed by atoms with Gasteiger partial charge in [-0.05, 0) is 12.1 Å². The zero-order valence-electron chi connectivity index (χ0n) is 11.5. The average Bonchev–Trinajstić information content (AvgIpc) is 2.53. The maximum atomic E-state index is 11.4. The lowest BCUT2D eigenvalue weighted by molar-refractivity contribution is 0.0594. The lowest BCUT2D eigenvalue weighted by atomic mass is 10.3. The molecule has 20 heavy (non-hydrogen) atoms. The molecule has 0 amide bonds. The highest BCUT2D eigenvalue weighted by Gasteiger charge is 2.10. The van der Waals surface area contributed by atoms with Crippen molar-refractivity contribution in [3.05, 3.63) is 48.2 Å². The molecule has 0 saturated heterocycles. The van der Waals surface area contributed by atoms with Gasteiger partial charge in [-0.2, -0.15) is 0 Å². The first kappa shape index (κ1) is 13.9. The Morgan fingerprint density at radius 1 is 1.35 bits per heavy atom. The summed E-state index contributed by atoms with van der Waals surface area (Å²) in [4.78, 5) is 25.9. The third-order valence-electron chi connectivity index (χ3n) is 2.84. The standard InChI is InChI=1S/C14H16N4O2/c1-18(9-6-11-10-15-7-8-16-11)13-5-3-4-12(17-13)14(19)20-2/h3-5,7-8,10H,6,9H2,1-2H3. The summed E-state index contributed by atoms with van der Waals surface area (Å²) >= 11 is 0. The smallest absolute Gasteiger partial charge is 0.356 e. The second-order valence-electron chi connectivity index (χ2n) is 4.24. The van der Waals surface area contributed by atoms with Crippen LogP contribution in [-0.2, 0) is 11.2 Å². The average molecular weight is 272 g/mol. The molecule has 0 N–H and O–H groups in total. The molecule has 0 aliphatic heterocycles. The number of hydrogen-bond donors (Lipinski definition) is 0. The first-order chi connectivity index (χ1) is 9.70. The summed E-state index contributed by atoms with van der Waals surface area (Å²) in [7, 11) is 3.26. The van der Waals surface area contributed by atoms with Crippen molar-refractivity contribution < 1.29 is 9.53 Å². The van der Waals surface area contributed by atoms with Crippen molar-refractivity contribution in [3.63, 3.8) is 0 Å². The third kappa shape index (κ3) is 3.50. The summed E-state index contributed by atoms with van der Waals surface area (Å²) in [5, 5.41) is 0. The number of pyridine rings is 1. The second-order valence-corrected chi connectivity index (χ2v) is 4.24. The van der Waals surface area contributed by atoms with Crippen LogP contribution in [0.5, 0.6) is 0 Å². The summed E-state index contributed by atoms with van der Waals surface area (Å²) in [5.74, 6) is 0.283. The van der Waals surface area contributed by atoms with Gasteiger partial charge < -0.3 is 9.64 Å². The van der Waals surface area contributed by atoms with Gasteiger partial charge in [0.2, 0.25) is 0 Å². The van der Waals surface area contributed by atoms with Crippen LogP contribution in [0.15, 0.2) is 36.8 Å². The minimum atomic E-state index is -0.436. The van der Waals surface area contributed by atoms with E-state index in [0.29, 0.717) is 5.69 Å². The molecule has 104 valence electrons. The molecule has 6 nitrogen and oxygen atoms in total. The second kappa shape index (κ2) is 6.60. The number of aromatic nitrogens is 3. The van der Waals surface area contributed by atoms with E-state index in [-0.39, 0.29) is 0 Å². The Balaban J connectivity index is 2.02. The van der Waals surface area contributed by atoms with E-state index in [1.807, 2.05) is 18.0 Å². The van der Waals surface area contributed by atoms with E-state index in [1.165, 1.54) is 7.11 Å². The fraction of sp³-hybridized carbons (Fsp3) is 0.286. The lowest BCUT2D eigenvalue weighted by Crippen LogP contribution is -2.22. The predicted molar refractivity (Wildman–Crippen MR) is 74.6 cm³/mol. The van der Waals surface area contributed by atoms with E-state index in [1.54, 1.807) is 30.7 Å². The van der Waals surface area contributed by atoms with Gasteiger partial charge in [0.25, 0.3) is 0 Å². The number of ether oxygens (including phenoxy) is 1. The third-order valence-corrected chi connectivity index (χ3v) is 2.84. The number of nitrogens with zero attached hydrogens (tertiary/aromatic N) is 4. The van der Waals surface area contributed by atoms with Crippen molar-refractivity contribution in [1.82, 2.24) is 15.0 Å². The molecule has 0 aromatic carbocycles. The van der Waals surface area contributed by atoms with Gasteiger partial charge >= 0.3 is 5.97 Å². The van der Waals surface area contributed by atoms with Gasteiger partial charge in [0.1, 0.15) is 5.82 Å². The van der Waals surface area contributed by atoms with Crippen LogP contribution in [0.2, 0.25) is 0 Å². The Morgan fingerprint density at radius 2 is 2.20 bits per heavy atom. The molecule has 2 heterocycles. The van der Waals surface area contributed by atoms with Crippen molar-refractivity contribution in [3.8, 4) is 0 Å². The number of methoxy groups -OCH3 is 1.